The van der Waals surface area contributed by atoms with Crippen LogP contribution in [0.15, 0.2) is 71.6 Å². The van der Waals surface area contributed by atoms with Crippen LogP contribution < -0.4 is 5.32 Å². The van der Waals surface area contributed by atoms with Crippen LogP contribution in [-0.2, 0) is 15.6 Å². The SMILES string of the molecule is Cc1ccc(S(=O)(=O)Cc2ccc(C(=O)Nc3cc(C)cc(C)c3)cc2)cc1. The highest BCUT2D eigenvalue weighted by Gasteiger charge is 2.15. The van der Waals surface area contributed by atoms with Crippen LogP contribution in [0.3, 0.4) is 0 Å². The van der Waals surface area contributed by atoms with Crippen LogP contribution >= 0.6 is 0 Å². The second kappa shape index (κ2) is 7.98. The minimum atomic E-state index is -3.42. The summed E-state index contributed by atoms with van der Waals surface area (Å²) in [4.78, 5) is 12.8. The van der Waals surface area contributed by atoms with Gasteiger partial charge in [-0.3, -0.25) is 4.79 Å². The predicted octanol–water partition coefficient (Wildman–Crippen LogP) is 4.84. The van der Waals surface area contributed by atoms with E-state index < -0.39 is 9.84 Å². The Hall–Kier alpha value is -2.92. The summed E-state index contributed by atoms with van der Waals surface area (Å²) in [6.45, 7) is 5.87. The fourth-order valence-electron chi connectivity index (χ4n) is 3.05. The number of rotatable bonds is 5. The normalized spacial score (nSPS) is 11.2. The van der Waals surface area contributed by atoms with E-state index in [0.29, 0.717) is 16.0 Å². The van der Waals surface area contributed by atoms with Gasteiger partial charge in [0.05, 0.1) is 10.6 Å². The Morgan fingerprint density at radius 1 is 0.786 bits per heavy atom. The van der Waals surface area contributed by atoms with Crippen molar-refractivity contribution >= 4 is 21.4 Å². The minimum Gasteiger partial charge on any atom is -0.322 e. The van der Waals surface area contributed by atoms with Gasteiger partial charge in [0.25, 0.3) is 5.91 Å². The third-order valence-corrected chi connectivity index (χ3v) is 6.14. The number of carbonyl (C=O) groups excluding carboxylic acids is 1. The summed E-state index contributed by atoms with van der Waals surface area (Å²) in [5.41, 5.74) is 5.03. The smallest absolute Gasteiger partial charge is 0.255 e. The Labute approximate surface area is 166 Å². The van der Waals surface area contributed by atoms with E-state index in [2.05, 4.69) is 5.32 Å². The molecule has 1 N–H and O–H groups in total. The van der Waals surface area contributed by atoms with E-state index in [1.54, 1.807) is 48.5 Å². The van der Waals surface area contributed by atoms with Gasteiger partial charge in [-0.05, 0) is 73.9 Å². The molecule has 0 aliphatic carbocycles. The second-order valence-corrected chi connectivity index (χ2v) is 9.09. The lowest BCUT2D eigenvalue weighted by molar-refractivity contribution is 0.102. The zero-order valence-electron chi connectivity index (χ0n) is 16.2. The predicted molar refractivity (Wildman–Crippen MR) is 112 cm³/mol. The molecule has 144 valence electrons. The highest BCUT2D eigenvalue weighted by Crippen LogP contribution is 2.19. The molecule has 0 aromatic heterocycles. The van der Waals surface area contributed by atoms with Crippen LogP contribution in [0.5, 0.6) is 0 Å². The van der Waals surface area contributed by atoms with Crippen molar-refractivity contribution in [3.05, 3.63) is 94.5 Å². The molecule has 0 heterocycles. The topological polar surface area (TPSA) is 63.2 Å². The molecule has 5 heteroatoms. The van der Waals surface area contributed by atoms with Gasteiger partial charge in [-0.1, -0.05) is 35.9 Å². The Balaban J connectivity index is 1.72. The van der Waals surface area contributed by atoms with E-state index >= 15 is 0 Å². The van der Waals surface area contributed by atoms with Crippen molar-refractivity contribution < 1.29 is 13.2 Å². The average molecular weight is 394 g/mol. The molecule has 0 spiro atoms. The molecule has 0 atom stereocenters. The van der Waals surface area contributed by atoms with Gasteiger partial charge < -0.3 is 5.32 Å². The second-order valence-electron chi connectivity index (χ2n) is 7.10. The lowest BCUT2D eigenvalue weighted by atomic mass is 10.1. The first-order valence-electron chi connectivity index (χ1n) is 9.01. The third kappa shape index (κ3) is 4.87. The highest BCUT2D eigenvalue weighted by atomic mass is 32.2. The molecule has 0 aliphatic rings. The average Bonchev–Trinajstić information content (AvgIpc) is 2.61. The van der Waals surface area contributed by atoms with Crippen LogP contribution in [-0.4, -0.2) is 14.3 Å². The van der Waals surface area contributed by atoms with Crippen molar-refractivity contribution in [3.8, 4) is 0 Å². The number of hydrogen-bond acceptors (Lipinski definition) is 3. The van der Waals surface area contributed by atoms with Crippen molar-refractivity contribution in [1.82, 2.24) is 0 Å². The first kappa shape index (κ1) is 19.8. The summed E-state index contributed by atoms with van der Waals surface area (Å²) in [7, 11) is -3.42. The van der Waals surface area contributed by atoms with Crippen LogP contribution in [0.25, 0.3) is 0 Å². The maximum atomic E-state index is 12.6. The first-order chi connectivity index (χ1) is 13.2. The summed E-state index contributed by atoms with van der Waals surface area (Å²) < 4.78 is 25.1. The zero-order chi connectivity index (χ0) is 20.3. The number of benzene rings is 3. The molecule has 3 aromatic carbocycles. The largest absolute Gasteiger partial charge is 0.322 e. The monoisotopic (exact) mass is 393 g/mol. The Morgan fingerprint density at radius 3 is 1.93 bits per heavy atom. The van der Waals surface area contributed by atoms with Gasteiger partial charge >= 0.3 is 0 Å². The fraction of sp³-hybridized carbons (Fsp3) is 0.174. The molecule has 0 saturated carbocycles. The summed E-state index contributed by atoms with van der Waals surface area (Å²) in [6, 6.07) is 19.3. The molecule has 28 heavy (non-hydrogen) atoms. The van der Waals surface area contributed by atoms with Crippen molar-refractivity contribution in [3.63, 3.8) is 0 Å². The molecule has 0 saturated heterocycles. The summed E-state index contributed by atoms with van der Waals surface area (Å²) >= 11 is 0. The number of sulfone groups is 1. The molecular weight excluding hydrogens is 370 g/mol. The molecular formula is C23H23NO3S. The lowest BCUT2D eigenvalue weighted by Crippen LogP contribution is -2.12. The number of carbonyl (C=O) groups is 1. The van der Waals surface area contributed by atoms with Crippen molar-refractivity contribution in [2.75, 3.05) is 5.32 Å². The molecule has 3 rings (SSSR count). The van der Waals surface area contributed by atoms with Crippen molar-refractivity contribution in [2.45, 2.75) is 31.4 Å². The van der Waals surface area contributed by atoms with Gasteiger partial charge in [-0.15, -0.1) is 0 Å². The standard InChI is InChI=1S/C23H23NO3S/c1-16-4-10-22(11-5-16)28(26,27)15-19-6-8-20(9-7-19)23(25)24-21-13-17(2)12-18(3)14-21/h4-14H,15H2,1-3H3,(H,24,25). The first-order valence-corrected chi connectivity index (χ1v) is 10.7. The van der Waals surface area contributed by atoms with E-state index in [-0.39, 0.29) is 11.7 Å². The number of amides is 1. The molecule has 3 aromatic rings. The molecule has 0 unspecified atom stereocenters. The van der Waals surface area contributed by atoms with Crippen LogP contribution in [0.1, 0.15) is 32.6 Å². The lowest BCUT2D eigenvalue weighted by Gasteiger charge is -2.09. The Bertz CT molecular complexity index is 1080. The van der Waals surface area contributed by atoms with Gasteiger partial charge in [-0.2, -0.15) is 0 Å². The molecule has 0 aliphatic heterocycles. The van der Waals surface area contributed by atoms with Crippen LogP contribution in [0.4, 0.5) is 5.69 Å². The van der Waals surface area contributed by atoms with Crippen LogP contribution in [0, 0.1) is 20.8 Å². The fourth-order valence-corrected chi connectivity index (χ4v) is 4.40. The molecule has 4 nitrogen and oxygen atoms in total. The van der Waals surface area contributed by atoms with Crippen molar-refractivity contribution in [2.24, 2.45) is 0 Å². The highest BCUT2D eigenvalue weighted by molar-refractivity contribution is 7.90. The molecule has 1 amide bonds. The number of nitrogens with one attached hydrogen (secondary N) is 1. The molecule has 0 fully saturated rings. The van der Waals surface area contributed by atoms with E-state index in [4.69, 9.17) is 0 Å². The summed E-state index contributed by atoms with van der Waals surface area (Å²) in [5.74, 6) is -0.326. The minimum absolute atomic E-state index is 0.102. The number of hydrogen-bond donors (Lipinski definition) is 1. The number of aryl methyl sites for hydroxylation is 3. The van der Waals surface area contributed by atoms with Gasteiger partial charge in [0.15, 0.2) is 9.84 Å². The Morgan fingerprint density at radius 2 is 1.36 bits per heavy atom. The molecule has 0 radical (unpaired) electrons. The summed E-state index contributed by atoms with van der Waals surface area (Å²) in [6.07, 6.45) is 0. The maximum Gasteiger partial charge on any atom is 0.255 e. The Kier molecular flexibility index (Phi) is 5.66. The van der Waals surface area contributed by atoms with Gasteiger partial charge in [0.1, 0.15) is 0 Å². The van der Waals surface area contributed by atoms with E-state index in [9.17, 15) is 13.2 Å². The molecule has 0 bridgehead atoms. The maximum absolute atomic E-state index is 12.6. The van der Waals surface area contributed by atoms with E-state index in [1.165, 1.54) is 0 Å². The van der Waals surface area contributed by atoms with Gasteiger partial charge in [0, 0.05) is 11.3 Å². The quantitative estimate of drug-likeness (QED) is 0.675. The van der Waals surface area contributed by atoms with Gasteiger partial charge in [0.2, 0.25) is 0 Å². The van der Waals surface area contributed by atoms with Crippen molar-refractivity contribution in [1.29, 1.82) is 0 Å². The summed E-state index contributed by atoms with van der Waals surface area (Å²) in [5, 5.41) is 2.88. The zero-order valence-corrected chi connectivity index (χ0v) is 17.0. The third-order valence-electron chi connectivity index (χ3n) is 4.43. The number of anilines is 1. The van der Waals surface area contributed by atoms with Crippen LogP contribution in [0.2, 0.25) is 0 Å². The van der Waals surface area contributed by atoms with E-state index in [1.807, 2.05) is 39.0 Å². The van der Waals surface area contributed by atoms with E-state index in [0.717, 1.165) is 22.4 Å². The van der Waals surface area contributed by atoms with Gasteiger partial charge in [-0.25, -0.2) is 8.42 Å².